The summed E-state index contributed by atoms with van der Waals surface area (Å²) in [6.45, 7) is 4.03. The van der Waals surface area contributed by atoms with Gasteiger partial charge in [0.1, 0.15) is 0 Å². The topological polar surface area (TPSA) is 17.1 Å². The van der Waals surface area contributed by atoms with Crippen LogP contribution < -0.4 is 0 Å². The van der Waals surface area contributed by atoms with Gasteiger partial charge in [-0.25, -0.2) is 0 Å². The van der Waals surface area contributed by atoms with E-state index in [1.54, 1.807) is 11.8 Å². The first-order chi connectivity index (χ1) is 4.72. The Morgan fingerprint density at radius 2 is 2.20 bits per heavy atom. The molecule has 0 aromatic carbocycles. The van der Waals surface area contributed by atoms with Crippen molar-refractivity contribution in [2.24, 2.45) is 5.92 Å². The number of hydrogen-bond acceptors (Lipinski definition) is 3. The molecule has 0 rings (SSSR count). The van der Waals surface area contributed by atoms with Crippen molar-refractivity contribution in [3.8, 4) is 0 Å². The van der Waals surface area contributed by atoms with E-state index in [0.717, 1.165) is 11.5 Å². The molecule has 0 N–H and O–H groups in total. The van der Waals surface area contributed by atoms with Crippen LogP contribution in [-0.4, -0.2) is 16.5 Å². The average Bonchev–Trinajstić information content (AvgIpc) is 1.98. The third-order valence-electron chi connectivity index (χ3n) is 1.33. The number of thioether (sulfide) groups is 2. The second-order valence-electron chi connectivity index (χ2n) is 2.18. The molecule has 1 atom stereocenters. The Balaban J connectivity index is 3.42. The normalized spacial score (nSPS) is 13.1. The molecule has 0 fully saturated rings. The van der Waals surface area contributed by atoms with Crippen molar-refractivity contribution in [2.75, 3.05) is 11.3 Å². The minimum absolute atomic E-state index is 0.233. The molecule has 0 aliphatic rings. The van der Waals surface area contributed by atoms with Crippen molar-refractivity contribution in [1.29, 1.82) is 0 Å². The number of hydrogen-bond donors (Lipinski definition) is 0. The summed E-state index contributed by atoms with van der Waals surface area (Å²) in [4.78, 5) is 11.1. The van der Waals surface area contributed by atoms with Gasteiger partial charge in [0.15, 0.2) is 5.12 Å². The first-order valence-corrected chi connectivity index (χ1v) is 5.75. The van der Waals surface area contributed by atoms with Crippen LogP contribution in [-0.2, 0) is 4.79 Å². The van der Waals surface area contributed by atoms with Crippen LogP contribution in [0.3, 0.4) is 0 Å². The van der Waals surface area contributed by atoms with E-state index in [2.05, 4.69) is 0 Å². The molecule has 1 unspecified atom stereocenters. The second kappa shape index (κ2) is 6.10. The predicted octanol–water partition coefficient (Wildman–Crippen LogP) is 2.61. The van der Waals surface area contributed by atoms with Crippen molar-refractivity contribution in [1.82, 2.24) is 0 Å². The molecule has 0 aliphatic heterocycles. The highest BCUT2D eigenvalue weighted by Gasteiger charge is 2.09. The molecule has 0 bridgehead atoms. The molecule has 0 aromatic rings. The zero-order valence-corrected chi connectivity index (χ0v) is 8.35. The smallest absolute Gasteiger partial charge is 0.192 e. The summed E-state index contributed by atoms with van der Waals surface area (Å²) in [5.41, 5.74) is 0. The van der Waals surface area contributed by atoms with E-state index in [9.17, 15) is 4.79 Å². The van der Waals surface area contributed by atoms with Crippen LogP contribution in [0.1, 0.15) is 20.3 Å². The third-order valence-corrected chi connectivity index (χ3v) is 3.43. The van der Waals surface area contributed by atoms with Gasteiger partial charge < -0.3 is 0 Å². The largest absolute Gasteiger partial charge is 0.287 e. The Bertz CT molecular complexity index is 104. The zero-order valence-electron chi connectivity index (χ0n) is 6.72. The highest BCUT2D eigenvalue weighted by molar-refractivity contribution is 8.23. The van der Waals surface area contributed by atoms with Crippen molar-refractivity contribution in [3.05, 3.63) is 0 Å². The van der Waals surface area contributed by atoms with Crippen molar-refractivity contribution in [2.45, 2.75) is 20.3 Å². The summed E-state index contributed by atoms with van der Waals surface area (Å²) < 4.78 is 0. The van der Waals surface area contributed by atoms with Gasteiger partial charge in [0.05, 0.1) is 0 Å². The van der Waals surface area contributed by atoms with E-state index in [4.69, 9.17) is 0 Å². The summed E-state index contributed by atoms with van der Waals surface area (Å²) in [5.74, 6) is 0.233. The SMILES string of the molecule is CCC(C)C(=O)SCSC. The first kappa shape index (κ1) is 10.4. The summed E-state index contributed by atoms with van der Waals surface area (Å²) in [6.07, 6.45) is 2.97. The van der Waals surface area contributed by atoms with Gasteiger partial charge in [-0.2, -0.15) is 11.8 Å². The number of rotatable bonds is 4. The molecule has 0 aliphatic carbocycles. The van der Waals surface area contributed by atoms with Crippen LogP contribution in [0.2, 0.25) is 0 Å². The molecule has 0 spiro atoms. The molecule has 0 saturated carbocycles. The van der Waals surface area contributed by atoms with Crippen LogP contribution in [0.25, 0.3) is 0 Å². The molecule has 0 saturated heterocycles. The monoisotopic (exact) mass is 178 g/mol. The molecule has 0 radical (unpaired) electrons. The van der Waals surface area contributed by atoms with E-state index in [1.165, 1.54) is 11.8 Å². The average molecular weight is 178 g/mol. The molecule has 0 heterocycles. The number of carbonyl (C=O) groups is 1. The van der Waals surface area contributed by atoms with Gasteiger partial charge in [0.2, 0.25) is 0 Å². The Morgan fingerprint density at radius 1 is 1.60 bits per heavy atom. The van der Waals surface area contributed by atoms with Gasteiger partial charge in [-0.05, 0) is 12.7 Å². The first-order valence-electron chi connectivity index (χ1n) is 3.38. The lowest BCUT2D eigenvalue weighted by atomic mass is 10.1. The molecular weight excluding hydrogens is 164 g/mol. The van der Waals surface area contributed by atoms with E-state index in [0.29, 0.717) is 5.12 Å². The third kappa shape index (κ3) is 4.23. The Labute approximate surface area is 71.3 Å². The molecule has 0 amide bonds. The summed E-state index contributed by atoms with van der Waals surface area (Å²) in [6, 6.07) is 0. The van der Waals surface area contributed by atoms with E-state index >= 15 is 0 Å². The summed E-state index contributed by atoms with van der Waals surface area (Å²) >= 11 is 3.13. The fraction of sp³-hybridized carbons (Fsp3) is 0.857. The highest BCUT2D eigenvalue weighted by Crippen LogP contribution is 2.16. The van der Waals surface area contributed by atoms with Crippen molar-refractivity contribution in [3.63, 3.8) is 0 Å². The van der Waals surface area contributed by atoms with Gasteiger partial charge in [0.25, 0.3) is 0 Å². The minimum Gasteiger partial charge on any atom is -0.287 e. The minimum atomic E-state index is 0.233. The molecule has 0 aromatic heterocycles. The Morgan fingerprint density at radius 3 is 2.60 bits per heavy atom. The second-order valence-corrected chi connectivity index (χ2v) is 4.39. The Hall–Kier alpha value is 0.370. The zero-order chi connectivity index (χ0) is 7.98. The van der Waals surface area contributed by atoms with Gasteiger partial charge in [0, 0.05) is 11.0 Å². The number of carbonyl (C=O) groups excluding carboxylic acids is 1. The quantitative estimate of drug-likeness (QED) is 0.616. The molecular formula is C7H14OS2. The van der Waals surface area contributed by atoms with E-state index in [1.807, 2.05) is 20.1 Å². The maximum atomic E-state index is 11.1. The lowest BCUT2D eigenvalue weighted by Crippen LogP contribution is -2.04. The van der Waals surface area contributed by atoms with Crippen molar-refractivity contribution < 1.29 is 4.79 Å². The van der Waals surface area contributed by atoms with Crippen LogP contribution in [0.15, 0.2) is 0 Å². The van der Waals surface area contributed by atoms with Gasteiger partial charge in [-0.1, -0.05) is 25.6 Å². The molecule has 60 valence electrons. The van der Waals surface area contributed by atoms with Crippen LogP contribution in [0.4, 0.5) is 0 Å². The van der Waals surface area contributed by atoms with Gasteiger partial charge in [-0.15, -0.1) is 0 Å². The van der Waals surface area contributed by atoms with E-state index in [-0.39, 0.29) is 5.92 Å². The summed E-state index contributed by atoms with van der Waals surface area (Å²) in [5, 5.41) is 1.22. The summed E-state index contributed by atoms with van der Waals surface area (Å²) in [7, 11) is 0. The molecule has 3 heteroatoms. The highest BCUT2D eigenvalue weighted by atomic mass is 32.2. The van der Waals surface area contributed by atoms with Gasteiger partial charge in [-0.3, -0.25) is 4.79 Å². The van der Waals surface area contributed by atoms with Crippen LogP contribution in [0, 0.1) is 5.92 Å². The maximum absolute atomic E-state index is 11.1. The lowest BCUT2D eigenvalue weighted by molar-refractivity contribution is -0.113. The fourth-order valence-electron chi connectivity index (χ4n) is 0.426. The van der Waals surface area contributed by atoms with Crippen molar-refractivity contribution >= 4 is 28.6 Å². The standard InChI is InChI=1S/C7H14OS2/c1-4-6(2)7(8)10-5-9-3/h6H,4-5H2,1-3H3. The van der Waals surface area contributed by atoms with Crippen LogP contribution >= 0.6 is 23.5 Å². The molecule has 1 nitrogen and oxygen atoms in total. The maximum Gasteiger partial charge on any atom is 0.192 e. The van der Waals surface area contributed by atoms with Crippen LogP contribution in [0.5, 0.6) is 0 Å². The van der Waals surface area contributed by atoms with E-state index < -0.39 is 0 Å². The predicted molar refractivity (Wildman–Crippen MR) is 50.4 cm³/mol. The molecule has 10 heavy (non-hydrogen) atoms. The Kier molecular flexibility index (Phi) is 6.33. The lowest BCUT2D eigenvalue weighted by Gasteiger charge is -2.04. The van der Waals surface area contributed by atoms with Gasteiger partial charge >= 0.3 is 0 Å². The fourth-order valence-corrected chi connectivity index (χ4v) is 1.81.